The predicted molar refractivity (Wildman–Crippen MR) is 67.9 cm³/mol. The van der Waals surface area contributed by atoms with Gasteiger partial charge in [-0.2, -0.15) is 15.0 Å². The van der Waals surface area contributed by atoms with Gasteiger partial charge in [0, 0.05) is 6.04 Å². The van der Waals surface area contributed by atoms with Gasteiger partial charge in [-0.3, -0.25) is 0 Å². The van der Waals surface area contributed by atoms with Crippen molar-refractivity contribution in [3.63, 3.8) is 0 Å². The van der Waals surface area contributed by atoms with E-state index in [0.717, 1.165) is 6.42 Å². The molecule has 0 aliphatic carbocycles. The van der Waals surface area contributed by atoms with Gasteiger partial charge in [0.1, 0.15) is 0 Å². The molecule has 0 saturated carbocycles. The summed E-state index contributed by atoms with van der Waals surface area (Å²) >= 11 is 0. The van der Waals surface area contributed by atoms with Crippen molar-refractivity contribution in [1.82, 2.24) is 15.0 Å². The number of nitrogens with one attached hydrogen (secondary N) is 1. The molecule has 96 valence electrons. The van der Waals surface area contributed by atoms with Gasteiger partial charge < -0.3 is 15.8 Å². The predicted octanol–water partition coefficient (Wildman–Crippen LogP) is 1.70. The molecule has 1 aromatic heterocycles. The molecule has 0 aliphatic heterocycles. The summed E-state index contributed by atoms with van der Waals surface area (Å²) in [7, 11) is 0. The summed E-state index contributed by atoms with van der Waals surface area (Å²) in [5, 5.41) is 3.18. The van der Waals surface area contributed by atoms with Crippen molar-refractivity contribution >= 4 is 11.9 Å². The number of aromatic nitrogens is 3. The van der Waals surface area contributed by atoms with Gasteiger partial charge in [0.25, 0.3) is 0 Å². The van der Waals surface area contributed by atoms with E-state index in [4.69, 9.17) is 10.5 Å². The lowest BCUT2D eigenvalue weighted by molar-refractivity contribution is 0.292. The van der Waals surface area contributed by atoms with Crippen LogP contribution in [0.2, 0.25) is 0 Å². The second-order valence-corrected chi connectivity index (χ2v) is 4.33. The minimum absolute atomic E-state index is 0.171. The Morgan fingerprint density at radius 2 is 1.94 bits per heavy atom. The fourth-order valence-corrected chi connectivity index (χ4v) is 1.06. The maximum absolute atomic E-state index is 5.60. The lowest BCUT2D eigenvalue weighted by Crippen LogP contribution is -2.23. The Morgan fingerprint density at radius 1 is 1.24 bits per heavy atom. The van der Waals surface area contributed by atoms with E-state index in [2.05, 4.69) is 41.0 Å². The zero-order valence-electron chi connectivity index (χ0n) is 10.9. The Bertz CT molecular complexity index is 356. The summed E-state index contributed by atoms with van der Waals surface area (Å²) in [6.45, 7) is 8.90. The molecule has 6 nitrogen and oxygen atoms in total. The first-order valence-corrected chi connectivity index (χ1v) is 5.93. The molecule has 1 aromatic rings. The lowest BCUT2D eigenvalue weighted by atomic mass is 10.1. The first-order chi connectivity index (χ1) is 8.02. The largest absolute Gasteiger partial charge is 0.463 e. The van der Waals surface area contributed by atoms with Crippen LogP contribution in [-0.2, 0) is 0 Å². The van der Waals surface area contributed by atoms with Crippen molar-refractivity contribution in [1.29, 1.82) is 0 Å². The molecule has 0 saturated heterocycles. The number of nitrogens with two attached hydrogens (primary N) is 1. The smallest absolute Gasteiger partial charge is 0.323 e. The average molecular weight is 239 g/mol. The van der Waals surface area contributed by atoms with Gasteiger partial charge in [-0.15, -0.1) is 0 Å². The second kappa shape index (κ2) is 6.22. The van der Waals surface area contributed by atoms with Gasteiger partial charge in [-0.25, -0.2) is 0 Å². The first-order valence-electron chi connectivity index (χ1n) is 5.93. The molecule has 0 amide bonds. The molecule has 0 spiro atoms. The number of hydrogen-bond donors (Lipinski definition) is 2. The SMILES string of the molecule is CCCOc1nc(N)nc(NC(C)C(C)C)n1. The van der Waals surface area contributed by atoms with Gasteiger partial charge in [-0.1, -0.05) is 20.8 Å². The van der Waals surface area contributed by atoms with E-state index < -0.39 is 0 Å². The highest BCUT2D eigenvalue weighted by Crippen LogP contribution is 2.12. The van der Waals surface area contributed by atoms with Gasteiger partial charge >= 0.3 is 6.01 Å². The van der Waals surface area contributed by atoms with E-state index in [9.17, 15) is 0 Å². The molecule has 0 bridgehead atoms. The number of hydrogen-bond acceptors (Lipinski definition) is 6. The van der Waals surface area contributed by atoms with E-state index in [1.54, 1.807) is 0 Å². The number of nitrogen functional groups attached to an aromatic ring is 1. The van der Waals surface area contributed by atoms with Crippen LogP contribution in [0.15, 0.2) is 0 Å². The standard InChI is InChI=1S/C11H21N5O/c1-5-6-17-11-15-9(12)14-10(16-11)13-8(4)7(2)3/h7-8H,5-6H2,1-4H3,(H3,12,13,14,15,16). The lowest BCUT2D eigenvalue weighted by Gasteiger charge is -2.17. The fraction of sp³-hybridized carbons (Fsp3) is 0.727. The highest BCUT2D eigenvalue weighted by atomic mass is 16.5. The molecule has 6 heteroatoms. The first kappa shape index (κ1) is 13.5. The van der Waals surface area contributed by atoms with Crippen molar-refractivity contribution < 1.29 is 4.74 Å². The van der Waals surface area contributed by atoms with Crippen LogP contribution in [0.1, 0.15) is 34.1 Å². The number of rotatable bonds is 6. The maximum atomic E-state index is 5.60. The number of anilines is 2. The molecule has 0 aliphatic rings. The van der Waals surface area contributed by atoms with Crippen molar-refractivity contribution in [2.45, 2.75) is 40.2 Å². The van der Waals surface area contributed by atoms with Gasteiger partial charge in [0.2, 0.25) is 11.9 Å². The van der Waals surface area contributed by atoms with E-state index in [0.29, 0.717) is 18.5 Å². The zero-order chi connectivity index (χ0) is 12.8. The van der Waals surface area contributed by atoms with Crippen molar-refractivity contribution in [3.8, 4) is 6.01 Å². The Labute approximate surface area is 102 Å². The van der Waals surface area contributed by atoms with Gasteiger partial charge in [0.05, 0.1) is 6.61 Å². The molecule has 0 aromatic carbocycles. The monoisotopic (exact) mass is 239 g/mol. The molecular formula is C11H21N5O. The van der Waals surface area contributed by atoms with Gasteiger partial charge in [-0.05, 0) is 19.3 Å². The molecular weight excluding hydrogens is 218 g/mol. The zero-order valence-corrected chi connectivity index (χ0v) is 10.9. The molecule has 1 atom stereocenters. The van der Waals surface area contributed by atoms with Crippen LogP contribution in [0.4, 0.5) is 11.9 Å². The topological polar surface area (TPSA) is 86.0 Å². The molecule has 1 rings (SSSR count). The Kier molecular flexibility index (Phi) is 4.93. The third-order valence-electron chi connectivity index (χ3n) is 2.42. The van der Waals surface area contributed by atoms with Crippen molar-refractivity contribution in [2.75, 3.05) is 17.7 Å². The van der Waals surface area contributed by atoms with E-state index in [-0.39, 0.29) is 18.0 Å². The van der Waals surface area contributed by atoms with Crippen LogP contribution in [0.3, 0.4) is 0 Å². The number of nitrogens with zero attached hydrogens (tertiary/aromatic N) is 3. The van der Waals surface area contributed by atoms with Crippen molar-refractivity contribution in [3.05, 3.63) is 0 Å². The van der Waals surface area contributed by atoms with Crippen LogP contribution in [0.25, 0.3) is 0 Å². The average Bonchev–Trinajstić information content (AvgIpc) is 2.25. The Balaban J connectivity index is 2.74. The third kappa shape index (κ3) is 4.42. The highest BCUT2D eigenvalue weighted by molar-refractivity contribution is 5.33. The normalized spacial score (nSPS) is 12.5. The molecule has 0 radical (unpaired) electrons. The molecule has 17 heavy (non-hydrogen) atoms. The summed E-state index contributed by atoms with van der Waals surface area (Å²) in [5.41, 5.74) is 5.60. The minimum Gasteiger partial charge on any atom is -0.463 e. The van der Waals surface area contributed by atoms with E-state index in [1.807, 2.05) is 6.92 Å². The quantitative estimate of drug-likeness (QED) is 0.785. The molecule has 0 fully saturated rings. The molecule has 3 N–H and O–H groups in total. The summed E-state index contributed by atoms with van der Waals surface area (Å²) in [4.78, 5) is 12.1. The van der Waals surface area contributed by atoms with Crippen LogP contribution in [-0.4, -0.2) is 27.6 Å². The Hall–Kier alpha value is -1.59. The highest BCUT2D eigenvalue weighted by Gasteiger charge is 2.10. The Morgan fingerprint density at radius 3 is 2.53 bits per heavy atom. The van der Waals surface area contributed by atoms with E-state index in [1.165, 1.54) is 0 Å². The fourth-order valence-electron chi connectivity index (χ4n) is 1.06. The summed E-state index contributed by atoms with van der Waals surface area (Å²) < 4.78 is 5.34. The molecule has 1 unspecified atom stereocenters. The molecule has 1 heterocycles. The van der Waals surface area contributed by atoms with E-state index >= 15 is 0 Å². The number of ether oxygens (including phenoxy) is 1. The van der Waals surface area contributed by atoms with Crippen LogP contribution >= 0.6 is 0 Å². The second-order valence-electron chi connectivity index (χ2n) is 4.33. The van der Waals surface area contributed by atoms with Crippen LogP contribution < -0.4 is 15.8 Å². The summed E-state index contributed by atoms with van der Waals surface area (Å²) in [6, 6.07) is 0.536. The minimum atomic E-state index is 0.171. The van der Waals surface area contributed by atoms with Crippen LogP contribution in [0, 0.1) is 5.92 Å². The third-order valence-corrected chi connectivity index (χ3v) is 2.42. The van der Waals surface area contributed by atoms with Crippen LogP contribution in [0.5, 0.6) is 6.01 Å². The summed E-state index contributed by atoms with van der Waals surface area (Å²) in [6.07, 6.45) is 0.900. The maximum Gasteiger partial charge on any atom is 0.323 e. The van der Waals surface area contributed by atoms with Crippen molar-refractivity contribution in [2.24, 2.45) is 5.92 Å². The summed E-state index contributed by atoms with van der Waals surface area (Å²) in [5.74, 6) is 1.11. The van der Waals surface area contributed by atoms with Gasteiger partial charge in [0.15, 0.2) is 0 Å².